The molecule has 16 heavy (non-hydrogen) atoms. The van der Waals surface area contributed by atoms with Gasteiger partial charge in [-0.2, -0.15) is 0 Å². The highest BCUT2D eigenvalue weighted by Crippen LogP contribution is 2.40. The molecule has 2 N–H and O–H groups in total. The molecule has 1 aromatic rings. The van der Waals surface area contributed by atoms with Crippen molar-refractivity contribution in [2.24, 2.45) is 11.7 Å². The molecule has 1 aromatic carbocycles. The van der Waals surface area contributed by atoms with Crippen molar-refractivity contribution in [3.05, 3.63) is 35.4 Å². The van der Waals surface area contributed by atoms with E-state index in [1.54, 1.807) is 0 Å². The average molecular weight is 216 g/mol. The van der Waals surface area contributed by atoms with Gasteiger partial charge in [0.2, 0.25) is 0 Å². The third kappa shape index (κ3) is 1.76. The molecule has 1 aliphatic carbocycles. The van der Waals surface area contributed by atoms with Crippen molar-refractivity contribution in [3.63, 3.8) is 0 Å². The van der Waals surface area contributed by atoms with Crippen LogP contribution in [-0.2, 0) is 13.1 Å². The van der Waals surface area contributed by atoms with E-state index in [1.165, 1.54) is 24.0 Å². The lowest BCUT2D eigenvalue weighted by atomic mass is 10.00. The minimum absolute atomic E-state index is 0.161. The lowest BCUT2D eigenvalue weighted by Gasteiger charge is -2.24. The Hall–Kier alpha value is -0.860. The largest absolute Gasteiger partial charge is 0.325 e. The first-order chi connectivity index (χ1) is 7.67. The average Bonchev–Trinajstić information content (AvgIpc) is 2.90. The normalized spacial score (nSPS) is 24.1. The van der Waals surface area contributed by atoms with E-state index in [0.29, 0.717) is 5.92 Å². The van der Waals surface area contributed by atoms with Crippen LogP contribution in [0.2, 0.25) is 0 Å². The molecule has 1 fully saturated rings. The Kier molecular flexibility index (Phi) is 2.30. The van der Waals surface area contributed by atoms with Crippen molar-refractivity contribution in [2.45, 2.75) is 38.4 Å². The van der Waals surface area contributed by atoms with E-state index >= 15 is 0 Å². The Morgan fingerprint density at radius 1 is 1.25 bits per heavy atom. The van der Waals surface area contributed by atoms with Gasteiger partial charge in [-0.05, 0) is 29.9 Å². The topological polar surface area (TPSA) is 29.3 Å². The van der Waals surface area contributed by atoms with Crippen LogP contribution in [0.25, 0.3) is 0 Å². The Morgan fingerprint density at radius 2 is 1.81 bits per heavy atom. The van der Waals surface area contributed by atoms with Gasteiger partial charge in [0.05, 0.1) is 0 Å². The maximum absolute atomic E-state index is 6.25. The third-order valence-corrected chi connectivity index (χ3v) is 4.25. The molecule has 0 radical (unpaired) electrons. The highest BCUT2D eigenvalue weighted by molar-refractivity contribution is 5.30. The quantitative estimate of drug-likeness (QED) is 0.838. The Bertz CT molecular complexity index is 370. The van der Waals surface area contributed by atoms with Crippen LogP contribution < -0.4 is 5.73 Å². The fraction of sp³-hybridized carbons (Fsp3) is 0.571. The van der Waals surface area contributed by atoms with E-state index in [2.05, 4.69) is 36.1 Å². The smallest absolute Gasteiger partial charge is 0.0240 e. The fourth-order valence-corrected chi connectivity index (χ4v) is 2.74. The van der Waals surface area contributed by atoms with Crippen molar-refractivity contribution < 1.29 is 0 Å². The lowest BCUT2D eigenvalue weighted by molar-refractivity contribution is 0.220. The monoisotopic (exact) mass is 216 g/mol. The van der Waals surface area contributed by atoms with Gasteiger partial charge in [-0.25, -0.2) is 0 Å². The first-order valence-electron chi connectivity index (χ1n) is 6.25. The molecule has 2 heteroatoms. The predicted molar refractivity (Wildman–Crippen MR) is 65.9 cm³/mol. The summed E-state index contributed by atoms with van der Waals surface area (Å²) in [6.07, 6.45) is 2.43. The summed E-state index contributed by atoms with van der Waals surface area (Å²) in [6, 6.07) is 8.76. The van der Waals surface area contributed by atoms with Crippen LogP contribution in [0.15, 0.2) is 24.3 Å². The van der Waals surface area contributed by atoms with Crippen molar-refractivity contribution in [3.8, 4) is 0 Å². The summed E-state index contributed by atoms with van der Waals surface area (Å²) >= 11 is 0. The maximum Gasteiger partial charge on any atom is 0.0240 e. The second-order valence-electron chi connectivity index (χ2n) is 5.57. The van der Waals surface area contributed by atoms with Crippen molar-refractivity contribution >= 4 is 0 Å². The highest BCUT2D eigenvalue weighted by Gasteiger charge is 2.43. The molecule has 3 rings (SSSR count). The van der Waals surface area contributed by atoms with Crippen LogP contribution in [0, 0.1) is 5.92 Å². The molecule has 1 heterocycles. The van der Waals surface area contributed by atoms with Crippen molar-refractivity contribution in [1.82, 2.24) is 4.90 Å². The summed E-state index contributed by atoms with van der Waals surface area (Å²) in [6.45, 7) is 5.66. The van der Waals surface area contributed by atoms with Crippen LogP contribution in [0.5, 0.6) is 0 Å². The number of hydrogen-bond donors (Lipinski definition) is 1. The van der Waals surface area contributed by atoms with Gasteiger partial charge in [-0.1, -0.05) is 31.2 Å². The SMILES string of the molecule is CC(CN1Cc2ccccc2C1)C1(N)CC1. The molecule has 1 unspecified atom stereocenters. The molecule has 0 aromatic heterocycles. The second-order valence-corrected chi connectivity index (χ2v) is 5.57. The zero-order valence-electron chi connectivity index (χ0n) is 9.95. The van der Waals surface area contributed by atoms with E-state index < -0.39 is 0 Å². The van der Waals surface area contributed by atoms with E-state index in [0.717, 1.165) is 19.6 Å². The van der Waals surface area contributed by atoms with Crippen molar-refractivity contribution in [1.29, 1.82) is 0 Å². The Balaban J connectivity index is 1.64. The summed E-state index contributed by atoms with van der Waals surface area (Å²) < 4.78 is 0. The minimum Gasteiger partial charge on any atom is -0.325 e. The Labute approximate surface area is 97.4 Å². The summed E-state index contributed by atoms with van der Waals surface area (Å²) in [5, 5.41) is 0. The molecule has 1 saturated carbocycles. The standard InChI is InChI=1S/C14H20N2/c1-11(14(15)6-7-14)8-16-9-12-4-2-3-5-13(12)10-16/h2-5,11H,6-10,15H2,1H3. The fourth-order valence-electron chi connectivity index (χ4n) is 2.74. The molecule has 1 aliphatic heterocycles. The molecule has 0 spiro atoms. The molecule has 2 aliphatic rings. The van der Waals surface area contributed by atoms with Crippen LogP contribution in [-0.4, -0.2) is 17.0 Å². The second kappa shape index (κ2) is 3.57. The summed E-state index contributed by atoms with van der Waals surface area (Å²) in [5.74, 6) is 0.627. The number of nitrogens with zero attached hydrogens (tertiary/aromatic N) is 1. The van der Waals surface area contributed by atoms with Gasteiger partial charge in [0.1, 0.15) is 0 Å². The van der Waals surface area contributed by atoms with E-state index in [9.17, 15) is 0 Å². The summed E-state index contributed by atoms with van der Waals surface area (Å²) in [5.41, 5.74) is 9.40. The zero-order valence-corrected chi connectivity index (χ0v) is 9.95. The minimum atomic E-state index is 0.161. The van der Waals surface area contributed by atoms with Gasteiger partial charge in [0.25, 0.3) is 0 Å². The molecule has 0 amide bonds. The number of fused-ring (bicyclic) bond motifs is 1. The third-order valence-electron chi connectivity index (χ3n) is 4.25. The lowest BCUT2D eigenvalue weighted by Crippen LogP contribution is -2.37. The van der Waals surface area contributed by atoms with Crippen LogP contribution >= 0.6 is 0 Å². The molecule has 0 bridgehead atoms. The van der Waals surface area contributed by atoms with Gasteiger partial charge in [-0.3, -0.25) is 4.90 Å². The molecular formula is C14H20N2. The molecule has 1 atom stereocenters. The molecular weight excluding hydrogens is 196 g/mol. The number of benzene rings is 1. The highest BCUT2D eigenvalue weighted by atomic mass is 15.1. The van der Waals surface area contributed by atoms with E-state index in [1.807, 2.05) is 0 Å². The summed E-state index contributed by atoms with van der Waals surface area (Å²) in [4.78, 5) is 2.53. The van der Waals surface area contributed by atoms with Crippen LogP contribution in [0.3, 0.4) is 0 Å². The van der Waals surface area contributed by atoms with Gasteiger partial charge < -0.3 is 5.73 Å². The number of nitrogens with two attached hydrogens (primary N) is 1. The first kappa shape index (κ1) is 10.3. The molecule has 2 nitrogen and oxygen atoms in total. The molecule has 86 valence electrons. The van der Waals surface area contributed by atoms with Gasteiger partial charge >= 0.3 is 0 Å². The first-order valence-corrected chi connectivity index (χ1v) is 6.25. The van der Waals surface area contributed by atoms with Gasteiger partial charge in [0.15, 0.2) is 0 Å². The maximum atomic E-state index is 6.25. The van der Waals surface area contributed by atoms with Crippen LogP contribution in [0.1, 0.15) is 30.9 Å². The Morgan fingerprint density at radius 3 is 2.31 bits per heavy atom. The summed E-state index contributed by atoms with van der Waals surface area (Å²) in [7, 11) is 0. The molecule has 0 saturated heterocycles. The predicted octanol–water partition coefficient (Wildman–Crippen LogP) is 2.13. The van der Waals surface area contributed by atoms with Crippen molar-refractivity contribution in [2.75, 3.05) is 6.54 Å². The number of hydrogen-bond acceptors (Lipinski definition) is 2. The van der Waals surface area contributed by atoms with Crippen LogP contribution in [0.4, 0.5) is 0 Å². The van der Waals surface area contributed by atoms with Gasteiger partial charge in [-0.15, -0.1) is 0 Å². The number of rotatable bonds is 3. The van der Waals surface area contributed by atoms with Gasteiger partial charge in [0, 0.05) is 25.2 Å². The van der Waals surface area contributed by atoms with E-state index in [4.69, 9.17) is 5.73 Å². The van der Waals surface area contributed by atoms with E-state index in [-0.39, 0.29) is 5.54 Å². The zero-order chi connectivity index (χ0) is 11.2.